The van der Waals surface area contributed by atoms with Crippen molar-refractivity contribution in [2.24, 2.45) is 0 Å². The maximum atomic E-state index is 12.4. The second-order valence-electron chi connectivity index (χ2n) is 3.44. The van der Waals surface area contributed by atoms with E-state index >= 15 is 0 Å². The maximum Gasteiger partial charge on any atom is 0.413 e. The lowest BCUT2D eigenvalue weighted by atomic mass is 10.2. The lowest BCUT2D eigenvalue weighted by Gasteiger charge is -2.40. The fourth-order valence-electron chi connectivity index (χ4n) is 1.08. The molecule has 0 aliphatic carbocycles. The van der Waals surface area contributed by atoms with Gasteiger partial charge in [0.25, 0.3) is 5.91 Å². The molecule has 0 spiro atoms. The van der Waals surface area contributed by atoms with Crippen LogP contribution >= 0.6 is 10.2 Å². The quantitative estimate of drug-likeness (QED) is 0.845. The molecule has 19 heavy (non-hydrogen) atoms. The highest BCUT2D eigenvalue weighted by Crippen LogP contribution is 3.02. The number of carbonyl (C=O) groups is 2. The van der Waals surface area contributed by atoms with Gasteiger partial charge in [-0.1, -0.05) is 19.4 Å². The average Bonchev–Trinajstić information content (AvgIpc) is 2.26. The van der Waals surface area contributed by atoms with Gasteiger partial charge in [0.2, 0.25) is 0 Å². The second-order valence-corrected chi connectivity index (χ2v) is 5.85. The molecule has 0 saturated carbocycles. The molecule has 0 atom stereocenters. The lowest BCUT2D eigenvalue weighted by Crippen LogP contribution is -2.30. The molecule has 0 bridgehead atoms. The van der Waals surface area contributed by atoms with Gasteiger partial charge in [0, 0.05) is 5.56 Å². The molecule has 1 N–H and O–H groups in total. The van der Waals surface area contributed by atoms with Crippen LogP contribution in [0.15, 0.2) is 29.2 Å². The van der Waals surface area contributed by atoms with Crippen LogP contribution < -0.4 is 5.32 Å². The summed E-state index contributed by atoms with van der Waals surface area (Å²) in [5, 5.41) is 1.66. The van der Waals surface area contributed by atoms with Gasteiger partial charge in [-0.2, -0.15) is 0 Å². The number of hydrogen-bond acceptors (Lipinski definition) is 3. The summed E-state index contributed by atoms with van der Waals surface area (Å²) >= 11 is 0. The highest BCUT2D eigenvalue weighted by molar-refractivity contribution is 8.45. The molecular formula is C9H8F5NO3S. The first-order chi connectivity index (χ1) is 8.33. The van der Waals surface area contributed by atoms with E-state index in [0.717, 1.165) is 7.11 Å². The molecule has 0 aliphatic heterocycles. The Kier molecular flexibility index (Phi) is 3.06. The molecule has 0 radical (unpaired) electrons. The van der Waals surface area contributed by atoms with Crippen molar-refractivity contribution >= 4 is 22.2 Å². The van der Waals surface area contributed by atoms with E-state index in [1.165, 1.54) is 0 Å². The maximum absolute atomic E-state index is 12.4. The number of carbonyl (C=O) groups excluding carboxylic acids is 2. The van der Waals surface area contributed by atoms with Crippen LogP contribution in [-0.4, -0.2) is 19.1 Å². The third kappa shape index (κ3) is 4.09. The van der Waals surface area contributed by atoms with Gasteiger partial charge in [-0.05, 0) is 24.3 Å². The zero-order valence-electron chi connectivity index (χ0n) is 9.33. The highest BCUT2D eigenvalue weighted by atomic mass is 32.5. The van der Waals surface area contributed by atoms with E-state index in [1.54, 1.807) is 5.32 Å². The molecule has 0 heterocycles. The van der Waals surface area contributed by atoms with Gasteiger partial charge >= 0.3 is 16.3 Å². The Morgan fingerprint density at radius 1 is 1.05 bits per heavy atom. The van der Waals surface area contributed by atoms with Crippen molar-refractivity contribution in [3.05, 3.63) is 29.8 Å². The van der Waals surface area contributed by atoms with Gasteiger partial charge in [-0.15, -0.1) is 0 Å². The third-order valence-electron chi connectivity index (χ3n) is 1.96. The Balaban J connectivity index is 3.02. The summed E-state index contributed by atoms with van der Waals surface area (Å²) in [6.45, 7) is 0. The van der Waals surface area contributed by atoms with Crippen LogP contribution in [-0.2, 0) is 4.74 Å². The van der Waals surface area contributed by atoms with Crippen molar-refractivity contribution in [1.82, 2.24) is 5.32 Å². The molecule has 4 nitrogen and oxygen atoms in total. The molecule has 10 heteroatoms. The first kappa shape index (κ1) is 15.2. The summed E-state index contributed by atoms with van der Waals surface area (Å²) in [5.74, 6) is -1.07. The Morgan fingerprint density at radius 3 is 1.89 bits per heavy atom. The van der Waals surface area contributed by atoms with Crippen molar-refractivity contribution < 1.29 is 33.8 Å². The summed E-state index contributed by atoms with van der Waals surface area (Å²) < 4.78 is 65.9. The van der Waals surface area contributed by atoms with Gasteiger partial charge in [0.05, 0.1) is 7.11 Å². The Labute approximate surface area is 104 Å². The predicted octanol–water partition coefficient (Wildman–Crippen LogP) is 3.84. The predicted molar refractivity (Wildman–Crippen MR) is 57.7 cm³/mol. The van der Waals surface area contributed by atoms with Gasteiger partial charge in [-0.3, -0.25) is 10.1 Å². The number of amides is 2. The van der Waals surface area contributed by atoms with E-state index in [1.807, 2.05) is 0 Å². The van der Waals surface area contributed by atoms with Gasteiger partial charge < -0.3 is 4.74 Å². The number of methoxy groups -OCH3 is 1. The van der Waals surface area contributed by atoms with Crippen LogP contribution in [0.3, 0.4) is 0 Å². The van der Waals surface area contributed by atoms with Crippen LogP contribution in [0.25, 0.3) is 0 Å². The first-order valence-electron chi connectivity index (χ1n) is 4.57. The number of nitrogens with one attached hydrogen (secondary N) is 1. The zero-order valence-corrected chi connectivity index (χ0v) is 10.1. The van der Waals surface area contributed by atoms with Crippen molar-refractivity contribution in [3.8, 4) is 0 Å². The van der Waals surface area contributed by atoms with E-state index in [0.29, 0.717) is 12.1 Å². The summed E-state index contributed by atoms with van der Waals surface area (Å²) in [7, 11) is -8.78. The lowest BCUT2D eigenvalue weighted by molar-refractivity contribution is 0.0936. The molecule has 1 rings (SSSR count). The molecule has 0 fully saturated rings. The van der Waals surface area contributed by atoms with E-state index < -0.39 is 32.7 Å². The molecule has 0 unspecified atom stereocenters. The van der Waals surface area contributed by atoms with Crippen molar-refractivity contribution in [2.45, 2.75) is 4.90 Å². The fraction of sp³-hybridized carbons (Fsp3) is 0.111. The van der Waals surface area contributed by atoms with E-state index in [2.05, 4.69) is 4.74 Å². The van der Waals surface area contributed by atoms with Crippen molar-refractivity contribution in [2.75, 3.05) is 7.11 Å². The monoisotopic (exact) mass is 305 g/mol. The standard InChI is InChI=1S/C9H8F5NO3S/c1-18-9(17)15-8(16)6-2-4-7(5-3-6)19(10,11,12,13)14/h2-5H,1H3,(H,15,16,17). The molecule has 108 valence electrons. The van der Waals surface area contributed by atoms with E-state index in [9.17, 15) is 29.0 Å². The minimum Gasteiger partial charge on any atom is -0.453 e. The third-order valence-corrected chi connectivity index (χ3v) is 3.13. The first-order valence-corrected chi connectivity index (χ1v) is 6.52. The Morgan fingerprint density at radius 2 is 1.53 bits per heavy atom. The Hall–Kier alpha value is -1.84. The molecule has 1 aromatic rings. The number of halogens is 5. The smallest absolute Gasteiger partial charge is 0.413 e. The number of benzene rings is 1. The van der Waals surface area contributed by atoms with E-state index in [4.69, 9.17) is 0 Å². The topological polar surface area (TPSA) is 55.4 Å². The van der Waals surface area contributed by atoms with Gasteiger partial charge in [0.15, 0.2) is 0 Å². The summed E-state index contributed by atoms with van der Waals surface area (Å²) in [4.78, 5) is 19.8. The summed E-state index contributed by atoms with van der Waals surface area (Å²) in [6, 6.07) is 1.22. The molecule has 2 amide bonds. The summed E-state index contributed by atoms with van der Waals surface area (Å²) in [6.07, 6.45) is -1.12. The molecular weight excluding hydrogens is 297 g/mol. The normalized spacial score (nSPS) is 15.1. The molecule has 0 saturated heterocycles. The van der Waals surface area contributed by atoms with Gasteiger partial charge in [-0.25, -0.2) is 4.79 Å². The minimum atomic E-state index is -9.76. The molecule has 0 aliphatic rings. The Bertz CT molecular complexity index is 525. The van der Waals surface area contributed by atoms with Crippen LogP contribution in [0.4, 0.5) is 24.2 Å². The number of rotatable bonds is 2. The highest BCUT2D eigenvalue weighted by Gasteiger charge is 2.65. The SMILES string of the molecule is COC(=O)NC(=O)c1ccc(S(F)(F)(F)(F)F)cc1. The minimum absolute atomic E-state index is 0.0771. The molecule has 0 aromatic heterocycles. The number of imide groups is 1. The van der Waals surface area contributed by atoms with Crippen LogP contribution in [0.5, 0.6) is 0 Å². The van der Waals surface area contributed by atoms with Gasteiger partial charge in [0.1, 0.15) is 4.90 Å². The summed E-state index contributed by atoms with van der Waals surface area (Å²) in [5.41, 5.74) is -0.393. The van der Waals surface area contributed by atoms with Crippen molar-refractivity contribution in [3.63, 3.8) is 0 Å². The van der Waals surface area contributed by atoms with Crippen LogP contribution in [0.2, 0.25) is 0 Å². The fourth-order valence-corrected chi connectivity index (χ4v) is 1.73. The number of alkyl carbamates (subject to hydrolysis) is 1. The number of hydrogen-bond donors (Lipinski definition) is 1. The largest absolute Gasteiger partial charge is 0.453 e. The average molecular weight is 305 g/mol. The van der Waals surface area contributed by atoms with Crippen molar-refractivity contribution in [1.29, 1.82) is 0 Å². The molecule has 1 aromatic carbocycles. The van der Waals surface area contributed by atoms with Crippen LogP contribution in [0.1, 0.15) is 10.4 Å². The number of ether oxygens (including phenoxy) is 1. The van der Waals surface area contributed by atoms with Crippen LogP contribution in [0, 0.1) is 0 Å². The zero-order chi connectivity index (χ0) is 15.0. The van der Waals surface area contributed by atoms with E-state index in [-0.39, 0.29) is 12.1 Å². The second kappa shape index (κ2) is 3.83.